The summed E-state index contributed by atoms with van der Waals surface area (Å²) in [6, 6.07) is 4.12. The SMILES string of the molecule is CCNCC(C)(O)C1CCCc2cccnc21. The Morgan fingerprint density at radius 2 is 2.41 bits per heavy atom. The van der Waals surface area contributed by atoms with Gasteiger partial charge in [0.2, 0.25) is 0 Å². The van der Waals surface area contributed by atoms with Crippen molar-refractivity contribution in [2.24, 2.45) is 0 Å². The summed E-state index contributed by atoms with van der Waals surface area (Å²) in [5.41, 5.74) is 1.70. The molecule has 2 unspecified atom stereocenters. The third kappa shape index (κ3) is 2.67. The second kappa shape index (κ2) is 5.15. The lowest BCUT2D eigenvalue weighted by atomic mass is 9.76. The van der Waals surface area contributed by atoms with Crippen molar-refractivity contribution >= 4 is 0 Å². The molecular weight excluding hydrogens is 212 g/mol. The van der Waals surface area contributed by atoms with Gasteiger partial charge in [-0.1, -0.05) is 13.0 Å². The number of aryl methyl sites for hydroxylation is 1. The summed E-state index contributed by atoms with van der Waals surface area (Å²) in [5, 5.41) is 13.9. The van der Waals surface area contributed by atoms with Crippen molar-refractivity contribution < 1.29 is 5.11 Å². The molecule has 94 valence electrons. The number of aromatic nitrogens is 1. The van der Waals surface area contributed by atoms with E-state index in [1.807, 2.05) is 19.2 Å². The fourth-order valence-corrected chi connectivity index (χ4v) is 2.72. The Balaban J connectivity index is 2.22. The number of nitrogens with one attached hydrogen (secondary N) is 1. The number of likely N-dealkylation sites (N-methyl/N-ethyl adjacent to an activating group) is 1. The average Bonchev–Trinajstić information content (AvgIpc) is 2.36. The number of nitrogens with zero attached hydrogens (tertiary/aromatic N) is 1. The van der Waals surface area contributed by atoms with Crippen molar-refractivity contribution in [3.05, 3.63) is 29.6 Å². The minimum atomic E-state index is -0.709. The molecule has 0 aliphatic heterocycles. The third-order valence-electron chi connectivity index (χ3n) is 3.68. The highest BCUT2D eigenvalue weighted by molar-refractivity contribution is 5.28. The molecule has 0 fully saturated rings. The lowest BCUT2D eigenvalue weighted by Crippen LogP contribution is -2.44. The van der Waals surface area contributed by atoms with E-state index >= 15 is 0 Å². The maximum Gasteiger partial charge on any atom is 0.0826 e. The quantitative estimate of drug-likeness (QED) is 0.836. The van der Waals surface area contributed by atoms with E-state index in [1.54, 1.807) is 0 Å². The summed E-state index contributed by atoms with van der Waals surface area (Å²) in [7, 11) is 0. The van der Waals surface area contributed by atoms with Gasteiger partial charge in [0.05, 0.1) is 5.60 Å². The van der Waals surface area contributed by atoms with E-state index in [9.17, 15) is 5.11 Å². The van der Waals surface area contributed by atoms with Gasteiger partial charge in [-0.2, -0.15) is 0 Å². The molecule has 2 rings (SSSR count). The molecule has 0 bridgehead atoms. The predicted molar refractivity (Wildman–Crippen MR) is 69.1 cm³/mol. The zero-order valence-electron chi connectivity index (χ0n) is 10.7. The second-order valence-electron chi connectivity index (χ2n) is 5.13. The van der Waals surface area contributed by atoms with Gasteiger partial charge in [-0.3, -0.25) is 4.98 Å². The number of hydrogen-bond donors (Lipinski definition) is 2. The van der Waals surface area contributed by atoms with E-state index in [2.05, 4.69) is 23.3 Å². The fraction of sp³-hybridized carbons (Fsp3) is 0.643. The second-order valence-corrected chi connectivity index (χ2v) is 5.13. The van der Waals surface area contributed by atoms with E-state index in [4.69, 9.17) is 0 Å². The number of aliphatic hydroxyl groups is 1. The Morgan fingerprint density at radius 3 is 3.18 bits per heavy atom. The molecular formula is C14H22N2O. The standard InChI is InChI=1S/C14H22N2O/c1-3-15-10-14(2,17)12-8-4-6-11-7-5-9-16-13(11)12/h5,7,9,12,15,17H,3-4,6,8,10H2,1-2H3. The van der Waals surface area contributed by atoms with E-state index < -0.39 is 5.60 Å². The largest absolute Gasteiger partial charge is 0.388 e. The Kier molecular flexibility index (Phi) is 3.79. The average molecular weight is 234 g/mol. The molecule has 2 atom stereocenters. The van der Waals surface area contributed by atoms with Crippen molar-refractivity contribution in [1.82, 2.24) is 10.3 Å². The molecule has 1 heterocycles. The number of fused-ring (bicyclic) bond motifs is 1. The van der Waals surface area contributed by atoms with Crippen LogP contribution in [0.15, 0.2) is 18.3 Å². The van der Waals surface area contributed by atoms with Gasteiger partial charge in [-0.25, -0.2) is 0 Å². The first kappa shape index (κ1) is 12.5. The van der Waals surface area contributed by atoms with Gasteiger partial charge < -0.3 is 10.4 Å². The third-order valence-corrected chi connectivity index (χ3v) is 3.68. The smallest absolute Gasteiger partial charge is 0.0826 e. The maximum atomic E-state index is 10.6. The molecule has 2 N–H and O–H groups in total. The highest BCUT2D eigenvalue weighted by atomic mass is 16.3. The Bertz CT molecular complexity index is 376. The first-order valence-corrected chi connectivity index (χ1v) is 6.52. The summed E-state index contributed by atoms with van der Waals surface area (Å²) >= 11 is 0. The van der Waals surface area contributed by atoms with E-state index in [0.29, 0.717) is 6.54 Å². The van der Waals surface area contributed by atoms with Crippen LogP contribution in [0.3, 0.4) is 0 Å². The van der Waals surface area contributed by atoms with Crippen molar-refractivity contribution in [3.8, 4) is 0 Å². The van der Waals surface area contributed by atoms with Crippen LogP contribution in [0, 0.1) is 0 Å². The lowest BCUT2D eigenvalue weighted by molar-refractivity contribution is 0.0239. The highest BCUT2D eigenvalue weighted by Gasteiger charge is 2.36. The molecule has 0 amide bonds. The van der Waals surface area contributed by atoms with Crippen LogP contribution in [0.1, 0.15) is 43.9 Å². The summed E-state index contributed by atoms with van der Waals surface area (Å²) in [6.07, 6.45) is 5.10. The molecule has 0 saturated heterocycles. The number of pyridine rings is 1. The van der Waals surface area contributed by atoms with Crippen LogP contribution in [0.2, 0.25) is 0 Å². The zero-order valence-corrected chi connectivity index (χ0v) is 10.7. The summed E-state index contributed by atoms with van der Waals surface area (Å²) in [5.74, 6) is 0.159. The molecule has 0 saturated carbocycles. The van der Waals surface area contributed by atoms with Crippen LogP contribution in [-0.4, -0.2) is 28.8 Å². The van der Waals surface area contributed by atoms with Crippen LogP contribution < -0.4 is 5.32 Å². The fourth-order valence-electron chi connectivity index (χ4n) is 2.72. The van der Waals surface area contributed by atoms with Gasteiger partial charge in [-0.05, 0) is 44.4 Å². The minimum Gasteiger partial charge on any atom is -0.388 e. The van der Waals surface area contributed by atoms with Crippen molar-refractivity contribution in [1.29, 1.82) is 0 Å². The molecule has 3 heteroatoms. The van der Waals surface area contributed by atoms with Crippen LogP contribution in [0.4, 0.5) is 0 Å². The molecule has 17 heavy (non-hydrogen) atoms. The molecule has 3 nitrogen and oxygen atoms in total. The van der Waals surface area contributed by atoms with Crippen molar-refractivity contribution in [3.63, 3.8) is 0 Å². The monoisotopic (exact) mass is 234 g/mol. The topological polar surface area (TPSA) is 45.1 Å². The van der Waals surface area contributed by atoms with Crippen LogP contribution in [-0.2, 0) is 6.42 Å². The van der Waals surface area contributed by atoms with Gasteiger partial charge in [0, 0.05) is 24.4 Å². The van der Waals surface area contributed by atoms with Gasteiger partial charge in [0.25, 0.3) is 0 Å². The summed E-state index contributed by atoms with van der Waals surface area (Å²) in [4.78, 5) is 4.49. The summed E-state index contributed by atoms with van der Waals surface area (Å²) < 4.78 is 0. The molecule has 0 radical (unpaired) electrons. The van der Waals surface area contributed by atoms with E-state index in [0.717, 1.165) is 31.5 Å². The van der Waals surface area contributed by atoms with E-state index in [1.165, 1.54) is 5.56 Å². The van der Waals surface area contributed by atoms with Crippen LogP contribution in [0.5, 0.6) is 0 Å². The number of rotatable bonds is 4. The normalized spacial score (nSPS) is 22.9. The van der Waals surface area contributed by atoms with Crippen LogP contribution >= 0.6 is 0 Å². The molecule has 1 aromatic rings. The molecule has 1 aliphatic rings. The van der Waals surface area contributed by atoms with Gasteiger partial charge in [0.15, 0.2) is 0 Å². The Morgan fingerprint density at radius 1 is 1.59 bits per heavy atom. The molecule has 1 aromatic heterocycles. The molecule has 0 spiro atoms. The highest BCUT2D eigenvalue weighted by Crippen LogP contribution is 2.37. The lowest BCUT2D eigenvalue weighted by Gasteiger charge is -2.36. The van der Waals surface area contributed by atoms with Crippen molar-refractivity contribution in [2.75, 3.05) is 13.1 Å². The Hall–Kier alpha value is -0.930. The summed E-state index contributed by atoms with van der Waals surface area (Å²) in [6.45, 7) is 5.50. The first-order valence-electron chi connectivity index (χ1n) is 6.52. The van der Waals surface area contributed by atoms with Crippen molar-refractivity contribution in [2.45, 2.75) is 44.6 Å². The Labute approximate surface area is 103 Å². The predicted octanol–water partition coefficient (Wildman–Crippen LogP) is 1.86. The number of hydrogen-bond acceptors (Lipinski definition) is 3. The zero-order chi connectivity index (χ0) is 12.3. The maximum absolute atomic E-state index is 10.6. The van der Waals surface area contributed by atoms with Gasteiger partial charge in [-0.15, -0.1) is 0 Å². The van der Waals surface area contributed by atoms with E-state index in [-0.39, 0.29) is 5.92 Å². The molecule has 1 aliphatic carbocycles. The van der Waals surface area contributed by atoms with Gasteiger partial charge >= 0.3 is 0 Å². The van der Waals surface area contributed by atoms with Gasteiger partial charge in [0.1, 0.15) is 0 Å². The van der Waals surface area contributed by atoms with Crippen LogP contribution in [0.25, 0.3) is 0 Å². The minimum absolute atomic E-state index is 0.159. The first-order chi connectivity index (χ1) is 8.15. The molecule has 0 aromatic carbocycles.